The van der Waals surface area contributed by atoms with Crippen molar-refractivity contribution in [1.29, 1.82) is 0 Å². The fourth-order valence-corrected chi connectivity index (χ4v) is 3.55. The minimum absolute atomic E-state index is 0.00739. The lowest BCUT2D eigenvalue weighted by Crippen LogP contribution is -2.40. The predicted molar refractivity (Wildman–Crippen MR) is 91.1 cm³/mol. The van der Waals surface area contributed by atoms with Crippen molar-refractivity contribution in [2.45, 2.75) is 57.9 Å². The number of carbonyl (C=O) groups excluding carboxylic acids is 3. The Morgan fingerprint density at radius 2 is 1.83 bits per heavy atom. The Bertz CT molecular complexity index is 663. The molecule has 5 heteroatoms. The van der Waals surface area contributed by atoms with E-state index in [0.29, 0.717) is 23.2 Å². The van der Waals surface area contributed by atoms with Crippen LogP contribution in [0.4, 0.5) is 0 Å². The maximum atomic E-state index is 12.7. The van der Waals surface area contributed by atoms with Crippen molar-refractivity contribution in [3.63, 3.8) is 0 Å². The second-order valence-corrected chi connectivity index (χ2v) is 6.64. The lowest BCUT2D eigenvalue weighted by Gasteiger charge is -2.29. The number of fused-ring (bicyclic) bond motifs is 1. The molecule has 1 aromatic rings. The van der Waals surface area contributed by atoms with Gasteiger partial charge in [-0.15, -0.1) is 0 Å². The molecule has 24 heavy (non-hydrogen) atoms. The summed E-state index contributed by atoms with van der Waals surface area (Å²) in [4.78, 5) is 38.9. The SMILES string of the molecule is CCCCNC(=O)c1ccc2c(c1)C(=O)N(C1CCCCC1)C2=O. The third-order valence-electron chi connectivity index (χ3n) is 4.94. The smallest absolute Gasteiger partial charge is 0.261 e. The van der Waals surface area contributed by atoms with E-state index in [1.54, 1.807) is 18.2 Å². The predicted octanol–water partition coefficient (Wildman–Crippen LogP) is 3.15. The Morgan fingerprint density at radius 1 is 1.12 bits per heavy atom. The molecule has 0 aromatic heterocycles. The first-order valence-corrected chi connectivity index (χ1v) is 8.93. The van der Waals surface area contributed by atoms with Crippen LogP contribution < -0.4 is 5.32 Å². The van der Waals surface area contributed by atoms with E-state index in [9.17, 15) is 14.4 Å². The molecule has 0 unspecified atom stereocenters. The second-order valence-electron chi connectivity index (χ2n) is 6.64. The molecule has 1 aromatic carbocycles. The van der Waals surface area contributed by atoms with Gasteiger partial charge < -0.3 is 5.32 Å². The highest BCUT2D eigenvalue weighted by atomic mass is 16.2. The van der Waals surface area contributed by atoms with E-state index in [-0.39, 0.29) is 23.8 Å². The standard InChI is InChI=1S/C19H24N2O3/c1-2-3-11-20-17(22)13-9-10-15-16(12-13)19(24)21(18(15)23)14-7-5-4-6-8-14/h9-10,12,14H,2-8,11H2,1H3,(H,20,22). The van der Waals surface area contributed by atoms with E-state index < -0.39 is 0 Å². The first-order valence-electron chi connectivity index (χ1n) is 8.93. The molecule has 1 fully saturated rings. The van der Waals surface area contributed by atoms with Crippen molar-refractivity contribution in [3.8, 4) is 0 Å². The zero-order valence-electron chi connectivity index (χ0n) is 14.1. The summed E-state index contributed by atoms with van der Waals surface area (Å²) in [5.74, 6) is -0.646. The third-order valence-corrected chi connectivity index (χ3v) is 4.94. The highest BCUT2D eigenvalue weighted by molar-refractivity contribution is 6.22. The molecule has 0 spiro atoms. The molecule has 5 nitrogen and oxygen atoms in total. The number of nitrogens with zero attached hydrogens (tertiary/aromatic N) is 1. The molecule has 1 aliphatic heterocycles. The summed E-state index contributed by atoms with van der Waals surface area (Å²) in [5, 5.41) is 2.84. The number of rotatable bonds is 5. The van der Waals surface area contributed by atoms with Gasteiger partial charge in [0.2, 0.25) is 0 Å². The van der Waals surface area contributed by atoms with Crippen LogP contribution in [0.25, 0.3) is 0 Å². The van der Waals surface area contributed by atoms with Gasteiger partial charge >= 0.3 is 0 Å². The zero-order chi connectivity index (χ0) is 17.1. The van der Waals surface area contributed by atoms with Gasteiger partial charge in [0.15, 0.2) is 0 Å². The minimum atomic E-state index is -0.245. The molecule has 0 bridgehead atoms. The second kappa shape index (κ2) is 7.16. The van der Waals surface area contributed by atoms with E-state index >= 15 is 0 Å². The Hall–Kier alpha value is -2.17. The van der Waals surface area contributed by atoms with E-state index in [4.69, 9.17) is 0 Å². The summed E-state index contributed by atoms with van der Waals surface area (Å²) in [6.07, 6.45) is 6.98. The number of hydrogen-bond acceptors (Lipinski definition) is 3. The average Bonchev–Trinajstić information content (AvgIpc) is 2.86. The Kier molecular flexibility index (Phi) is 4.97. The molecule has 0 radical (unpaired) electrons. The van der Waals surface area contributed by atoms with Gasteiger partial charge in [-0.2, -0.15) is 0 Å². The van der Waals surface area contributed by atoms with Crippen molar-refractivity contribution < 1.29 is 14.4 Å². The number of amides is 3. The maximum Gasteiger partial charge on any atom is 0.261 e. The van der Waals surface area contributed by atoms with Gasteiger partial charge in [-0.3, -0.25) is 19.3 Å². The quantitative estimate of drug-likeness (QED) is 0.667. The summed E-state index contributed by atoms with van der Waals surface area (Å²) in [7, 11) is 0. The molecule has 1 aliphatic carbocycles. The molecule has 1 N–H and O–H groups in total. The van der Waals surface area contributed by atoms with Crippen LogP contribution in [0, 0.1) is 0 Å². The highest BCUT2D eigenvalue weighted by Crippen LogP contribution is 2.31. The lowest BCUT2D eigenvalue weighted by molar-refractivity contribution is 0.0549. The fraction of sp³-hybridized carbons (Fsp3) is 0.526. The van der Waals surface area contributed by atoms with Gasteiger partial charge in [-0.25, -0.2) is 0 Å². The molecule has 3 rings (SSSR count). The van der Waals surface area contributed by atoms with Crippen LogP contribution in [0.3, 0.4) is 0 Å². The van der Waals surface area contributed by atoms with Crippen molar-refractivity contribution >= 4 is 17.7 Å². The van der Waals surface area contributed by atoms with Crippen LogP contribution in [0.5, 0.6) is 0 Å². The van der Waals surface area contributed by atoms with Crippen LogP contribution in [-0.2, 0) is 0 Å². The molecule has 0 atom stereocenters. The topological polar surface area (TPSA) is 66.5 Å². The molecular weight excluding hydrogens is 304 g/mol. The van der Waals surface area contributed by atoms with Gasteiger partial charge in [0, 0.05) is 18.2 Å². The van der Waals surface area contributed by atoms with Gasteiger partial charge in [0.1, 0.15) is 0 Å². The minimum Gasteiger partial charge on any atom is -0.352 e. The van der Waals surface area contributed by atoms with Crippen LogP contribution in [0.2, 0.25) is 0 Å². The van der Waals surface area contributed by atoms with Crippen LogP contribution >= 0.6 is 0 Å². The molecule has 3 amide bonds. The van der Waals surface area contributed by atoms with Crippen LogP contribution in [0.15, 0.2) is 18.2 Å². The summed E-state index contributed by atoms with van der Waals surface area (Å²) < 4.78 is 0. The zero-order valence-corrected chi connectivity index (χ0v) is 14.1. The number of unbranched alkanes of at least 4 members (excludes halogenated alkanes) is 1. The summed E-state index contributed by atoms with van der Waals surface area (Å²) in [6, 6.07) is 4.83. The fourth-order valence-electron chi connectivity index (χ4n) is 3.55. The third kappa shape index (κ3) is 3.07. The number of imide groups is 1. The van der Waals surface area contributed by atoms with Crippen molar-refractivity contribution in [2.75, 3.05) is 6.54 Å². The Balaban J connectivity index is 1.79. The maximum absolute atomic E-state index is 12.7. The van der Waals surface area contributed by atoms with E-state index in [1.807, 2.05) is 0 Å². The molecule has 0 saturated heterocycles. The number of nitrogens with one attached hydrogen (secondary N) is 1. The van der Waals surface area contributed by atoms with Gasteiger partial charge in [0.05, 0.1) is 11.1 Å². The molecular formula is C19H24N2O3. The molecule has 1 saturated carbocycles. The Labute approximate surface area is 142 Å². The molecule has 2 aliphatic rings. The first kappa shape index (κ1) is 16.7. The van der Waals surface area contributed by atoms with Crippen LogP contribution in [0.1, 0.15) is 82.9 Å². The summed E-state index contributed by atoms with van der Waals surface area (Å²) in [5.41, 5.74) is 1.24. The van der Waals surface area contributed by atoms with E-state index in [2.05, 4.69) is 12.2 Å². The molecule has 128 valence electrons. The number of carbonyl (C=O) groups is 3. The average molecular weight is 328 g/mol. The molecule has 1 heterocycles. The van der Waals surface area contributed by atoms with E-state index in [0.717, 1.165) is 38.5 Å². The monoisotopic (exact) mass is 328 g/mol. The van der Waals surface area contributed by atoms with Crippen molar-refractivity contribution in [3.05, 3.63) is 34.9 Å². The summed E-state index contributed by atoms with van der Waals surface area (Å²) in [6.45, 7) is 2.68. The van der Waals surface area contributed by atoms with Gasteiger partial charge in [-0.05, 0) is 37.5 Å². The van der Waals surface area contributed by atoms with Crippen molar-refractivity contribution in [2.24, 2.45) is 0 Å². The Morgan fingerprint density at radius 3 is 2.54 bits per heavy atom. The highest BCUT2D eigenvalue weighted by Gasteiger charge is 2.40. The van der Waals surface area contributed by atoms with Crippen LogP contribution in [-0.4, -0.2) is 35.2 Å². The summed E-state index contributed by atoms with van der Waals surface area (Å²) >= 11 is 0. The first-order chi connectivity index (χ1) is 11.6. The normalized spacial score (nSPS) is 18.0. The number of benzene rings is 1. The van der Waals surface area contributed by atoms with E-state index in [1.165, 1.54) is 11.3 Å². The van der Waals surface area contributed by atoms with Gasteiger partial charge in [-0.1, -0.05) is 32.6 Å². The number of hydrogen-bond donors (Lipinski definition) is 1. The van der Waals surface area contributed by atoms with Gasteiger partial charge in [0.25, 0.3) is 17.7 Å². The lowest BCUT2D eigenvalue weighted by atomic mass is 9.94. The van der Waals surface area contributed by atoms with Crippen molar-refractivity contribution in [1.82, 2.24) is 10.2 Å². The largest absolute Gasteiger partial charge is 0.352 e.